The maximum Gasteiger partial charge on any atom is 0.316 e. The summed E-state index contributed by atoms with van der Waals surface area (Å²) >= 11 is 1.24. The van der Waals surface area contributed by atoms with E-state index in [1.165, 1.54) is 25.6 Å². The molecule has 0 aromatic carbocycles. The van der Waals surface area contributed by atoms with Gasteiger partial charge in [0.05, 0.1) is 23.0 Å². The summed E-state index contributed by atoms with van der Waals surface area (Å²) in [7, 11) is -2.99. The van der Waals surface area contributed by atoms with E-state index in [1.54, 1.807) is 13.8 Å². The second-order valence-corrected chi connectivity index (χ2v) is 10.0. The molecule has 0 saturated carbocycles. The summed E-state index contributed by atoms with van der Waals surface area (Å²) in [6.07, 6.45) is -0.462. The van der Waals surface area contributed by atoms with Gasteiger partial charge in [0.1, 0.15) is 0 Å². The minimum absolute atomic E-state index is 0.000755. The van der Waals surface area contributed by atoms with E-state index < -0.39 is 27.7 Å². The molecular weight excluding hydrogens is 378 g/mol. The van der Waals surface area contributed by atoms with Gasteiger partial charge < -0.3 is 9.72 Å². The van der Waals surface area contributed by atoms with Crippen LogP contribution in [0.3, 0.4) is 0 Å². The zero-order valence-electron chi connectivity index (χ0n) is 15.2. The largest absolute Gasteiger partial charge is 0.454 e. The lowest BCUT2D eigenvalue weighted by Gasteiger charge is -2.13. The number of carbonyl (C=O) groups excluding carboxylic acids is 3. The standard InChI is InChI=1S/C17H23NO6S2/c1-9-15(11(3)19)10(2)18-16(9)17(21)12(4)24-14(20)7-25-13-5-6-26(22,23)8-13/h12-13,18H,5-8H2,1-4H3/t12-,13+/m0/s1. The van der Waals surface area contributed by atoms with Crippen LogP contribution in [0.1, 0.15) is 52.4 Å². The molecule has 2 heterocycles. The van der Waals surface area contributed by atoms with Crippen LogP contribution in [0, 0.1) is 13.8 Å². The number of rotatable bonds is 7. The lowest BCUT2D eigenvalue weighted by molar-refractivity contribution is -0.143. The van der Waals surface area contributed by atoms with E-state index in [9.17, 15) is 22.8 Å². The number of esters is 1. The first kappa shape index (κ1) is 20.7. The highest BCUT2D eigenvalue weighted by molar-refractivity contribution is 8.02. The van der Waals surface area contributed by atoms with E-state index in [4.69, 9.17) is 4.74 Å². The van der Waals surface area contributed by atoms with Crippen LogP contribution in [0.4, 0.5) is 0 Å². The fourth-order valence-electron chi connectivity index (χ4n) is 3.09. The first-order valence-corrected chi connectivity index (χ1v) is 11.1. The average molecular weight is 402 g/mol. The molecular formula is C17H23NO6S2. The number of H-pyrrole nitrogens is 1. The second kappa shape index (κ2) is 7.96. The van der Waals surface area contributed by atoms with E-state index >= 15 is 0 Å². The molecule has 1 fully saturated rings. The number of aromatic amines is 1. The normalized spacial score (nSPS) is 19.9. The van der Waals surface area contributed by atoms with Crippen LogP contribution in [-0.2, 0) is 19.4 Å². The van der Waals surface area contributed by atoms with Crippen molar-refractivity contribution in [3.05, 3.63) is 22.5 Å². The molecule has 2 rings (SSSR count). The molecule has 0 radical (unpaired) electrons. The van der Waals surface area contributed by atoms with Crippen molar-refractivity contribution in [1.82, 2.24) is 4.98 Å². The molecule has 144 valence electrons. The van der Waals surface area contributed by atoms with Crippen molar-refractivity contribution in [3.63, 3.8) is 0 Å². The van der Waals surface area contributed by atoms with Crippen LogP contribution in [0.5, 0.6) is 0 Å². The van der Waals surface area contributed by atoms with Crippen LogP contribution >= 0.6 is 11.8 Å². The second-order valence-electron chi connectivity index (χ2n) is 6.51. The van der Waals surface area contributed by atoms with Gasteiger partial charge in [0, 0.05) is 16.5 Å². The summed E-state index contributed by atoms with van der Waals surface area (Å²) in [5, 5.41) is -0.106. The summed E-state index contributed by atoms with van der Waals surface area (Å²) < 4.78 is 28.0. The predicted molar refractivity (Wildman–Crippen MR) is 99.7 cm³/mol. The van der Waals surface area contributed by atoms with Crippen LogP contribution in [0.15, 0.2) is 0 Å². The molecule has 1 aromatic rings. The number of ether oxygens (including phenoxy) is 1. The van der Waals surface area contributed by atoms with E-state index in [-0.39, 0.29) is 34.0 Å². The van der Waals surface area contributed by atoms with Crippen LogP contribution in [0.25, 0.3) is 0 Å². The molecule has 0 bridgehead atoms. The first-order valence-electron chi connectivity index (χ1n) is 8.27. The van der Waals surface area contributed by atoms with Gasteiger partial charge >= 0.3 is 5.97 Å². The number of aryl methyl sites for hydroxylation is 1. The number of carbonyl (C=O) groups is 3. The third kappa shape index (κ3) is 4.76. The maximum absolute atomic E-state index is 12.5. The van der Waals surface area contributed by atoms with Crippen LogP contribution < -0.4 is 0 Å². The first-order chi connectivity index (χ1) is 12.0. The average Bonchev–Trinajstić information content (AvgIpc) is 3.03. The maximum atomic E-state index is 12.5. The van der Waals surface area contributed by atoms with Crippen molar-refractivity contribution in [2.75, 3.05) is 17.3 Å². The molecule has 9 heteroatoms. The van der Waals surface area contributed by atoms with Gasteiger partial charge in [-0.05, 0) is 39.7 Å². The van der Waals surface area contributed by atoms with Crippen molar-refractivity contribution in [2.45, 2.75) is 45.5 Å². The minimum Gasteiger partial charge on any atom is -0.454 e. The molecule has 1 N–H and O–H groups in total. The molecule has 26 heavy (non-hydrogen) atoms. The predicted octanol–water partition coefficient (Wildman–Crippen LogP) is 1.87. The Morgan fingerprint density at radius 3 is 2.46 bits per heavy atom. The Morgan fingerprint density at radius 1 is 1.31 bits per heavy atom. The molecule has 0 spiro atoms. The monoisotopic (exact) mass is 401 g/mol. The number of aromatic nitrogens is 1. The zero-order chi connectivity index (χ0) is 19.6. The minimum atomic E-state index is -2.99. The lowest BCUT2D eigenvalue weighted by atomic mass is 10.0. The third-order valence-electron chi connectivity index (χ3n) is 4.34. The summed E-state index contributed by atoms with van der Waals surface area (Å²) in [6, 6.07) is 0. The van der Waals surface area contributed by atoms with Crippen molar-refractivity contribution in [2.24, 2.45) is 0 Å². The Morgan fingerprint density at radius 2 is 1.96 bits per heavy atom. The molecule has 0 amide bonds. The molecule has 1 aromatic heterocycles. The van der Waals surface area contributed by atoms with Crippen LogP contribution in [0.2, 0.25) is 0 Å². The van der Waals surface area contributed by atoms with Crippen molar-refractivity contribution in [3.8, 4) is 0 Å². The van der Waals surface area contributed by atoms with Gasteiger partial charge in [-0.25, -0.2) is 8.42 Å². The molecule has 1 aliphatic rings. The number of ketones is 2. The highest BCUT2D eigenvalue weighted by Gasteiger charge is 2.30. The Kier molecular flexibility index (Phi) is 6.33. The number of sulfone groups is 1. The van der Waals surface area contributed by atoms with Gasteiger partial charge in [-0.15, -0.1) is 11.8 Å². The summed E-state index contributed by atoms with van der Waals surface area (Å²) in [5.74, 6) is -0.873. The fourth-order valence-corrected chi connectivity index (χ4v) is 6.51. The number of hydrogen-bond acceptors (Lipinski definition) is 7. The smallest absolute Gasteiger partial charge is 0.316 e. The van der Waals surface area contributed by atoms with Gasteiger partial charge in [-0.2, -0.15) is 0 Å². The van der Waals surface area contributed by atoms with E-state index in [0.717, 1.165) is 0 Å². The molecule has 1 saturated heterocycles. The van der Waals surface area contributed by atoms with Gasteiger partial charge in [0.2, 0.25) is 5.78 Å². The summed E-state index contributed by atoms with van der Waals surface area (Å²) in [5.41, 5.74) is 1.90. The van der Waals surface area contributed by atoms with Gasteiger partial charge in [0.25, 0.3) is 0 Å². The quantitative estimate of drug-likeness (QED) is 0.548. The van der Waals surface area contributed by atoms with E-state index in [1.807, 2.05) is 0 Å². The summed E-state index contributed by atoms with van der Waals surface area (Å²) in [6.45, 7) is 6.30. The molecule has 7 nitrogen and oxygen atoms in total. The zero-order valence-corrected chi connectivity index (χ0v) is 16.9. The topological polar surface area (TPSA) is 110 Å². The SMILES string of the molecule is CC(=O)c1c(C)[nH]c(C(=O)[C@H](C)OC(=O)CS[C@@H]2CCS(=O)(=O)C2)c1C. The highest BCUT2D eigenvalue weighted by Crippen LogP contribution is 2.25. The van der Waals surface area contributed by atoms with Crippen molar-refractivity contribution >= 4 is 39.1 Å². The number of Topliss-reactive ketones (excluding diaryl/α,β-unsaturated/α-hetero) is 2. The fraction of sp³-hybridized carbons (Fsp3) is 0.588. The molecule has 2 atom stereocenters. The molecule has 0 unspecified atom stereocenters. The van der Waals surface area contributed by atoms with Gasteiger partial charge in [0.15, 0.2) is 21.7 Å². The van der Waals surface area contributed by atoms with Crippen LogP contribution in [-0.4, -0.2) is 59.6 Å². The highest BCUT2D eigenvalue weighted by atomic mass is 32.2. The number of thioether (sulfide) groups is 1. The Labute approximate surface area is 157 Å². The Hall–Kier alpha value is -1.61. The summed E-state index contributed by atoms with van der Waals surface area (Å²) in [4.78, 5) is 39.1. The Bertz CT molecular complexity index is 840. The van der Waals surface area contributed by atoms with E-state index in [0.29, 0.717) is 23.2 Å². The van der Waals surface area contributed by atoms with Crippen molar-refractivity contribution < 1.29 is 27.5 Å². The third-order valence-corrected chi connectivity index (χ3v) is 7.60. The molecule has 1 aliphatic heterocycles. The lowest BCUT2D eigenvalue weighted by Crippen LogP contribution is -2.26. The van der Waals surface area contributed by atoms with E-state index in [2.05, 4.69) is 4.98 Å². The van der Waals surface area contributed by atoms with Gasteiger partial charge in [-0.3, -0.25) is 14.4 Å². The van der Waals surface area contributed by atoms with Crippen molar-refractivity contribution in [1.29, 1.82) is 0 Å². The van der Waals surface area contributed by atoms with Gasteiger partial charge in [-0.1, -0.05) is 0 Å². The molecule has 0 aliphatic carbocycles. The Balaban J connectivity index is 1.94. The number of nitrogens with one attached hydrogen (secondary N) is 1. The number of hydrogen-bond donors (Lipinski definition) is 1.